The molecule has 0 radical (unpaired) electrons. The summed E-state index contributed by atoms with van der Waals surface area (Å²) in [6.45, 7) is 4.71. The van der Waals surface area contributed by atoms with Crippen molar-refractivity contribution in [3.63, 3.8) is 0 Å². The highest BCUT2D eigenvalue weighted by Crippen LogP contribution is 2.09. The Morgan fingerprint density at radius 2 is 1.94 bits per heavy atom. The highest BCUT2D eigenvalue weighted by Gasteiger charge is 2.13. The SMILES string of the molecule is CSCCC(C)N(C)CC(=O)c1ccc(C)cc1. The molecule has 18 heavy (non-hydrogen) atoms. The van der Waals surface area contributed by atoms with Crippen molar-refractivity contribution in [1.82, 2.24) is 4.90 Å². The van der Waals surface area contributed by atoms with Crippen molar-refractivity contribution in [3.8, 4) is 0 Å². The molecule has 0 heterocycles. The van der Waals surface area contributed by atoms with Crippen LogP contribution in [0.5, 0.6) is 0 Å². The van der Waals surface area contributed by atoms with E-state index in [-0.39, 0.29) is 5.78 Å². The molecular formula is C15H23NOS. The van der Waals surface area contributed by atoms with Gasteiger partial charge in [0, 0.05) is 11.6 Å². The van der Waals surface area contributed by atoms with Gasteiger partial charge in [0.2, 0.25) is 0 Å². The molecule has 1 aromatic rings. The monoisotopic (exact) mass is 265 g/mol. The van der Waals surface area contributed by atoms with Crippen LogP contribution in [0.25, 0.3) is 0 Å². The van der Waals surface area contributed by atoms with Gasteiger partial charge >= 0.3 is 0 Å². The number of benzene rings is 1. The van der Waals surface area contributed by atoms with Crippen LogP contribution in [0.1, 0.15) is 29.3 Å². The first-order valence-corrected chi connectivity index (χ1v) is 7.73. The number of Topliss-reactive ketones (excluding diaryl/α,β-unsaturated/α-hetero) is 1. The number of nitrogens with zero attached hydrogens (tertiary/aromatic N) is 1. The Morgan fingerprint density at radius 3 is 2.50 bits per heavy atom. The summed E-state index contributed by atoms with van der Waals surface area (Å²) < 4.78 is 0. The molecule has 0 fully saturated rings. The molecule has 0 bridgehead atoms. The number of carbonyl (C=O) groups is 1. The third-order valence-corrected chi connectivity index (χ3v) is 3.90. The van der Waals surface area contributed by atoms with Gasteiger partial charge in [-0.15, -0.1) is 0 Å². The summed E-state index contributed by atoms with van der Waals surface area (Å²) in [7, 11) is 2.02. The standard InChI is InChI=1S/C15H23NOS/c1-12-5-7-14(8-6-12)15(17)11-16(3)13(2)9-10-18-4/h5-8,13H,9-11H2,1-4H3. The second-order valence-electron chi connectivity index (χ2n) is 4.83. The zero-order valence-corrected chi connectivity index (χ0v) is 12.6. The van der Waals surface area contributed by atoms with Crippen molar-refractivity contribution >= 4 is 17.5 Å². The summed E-state index contributed by atoms with van der Waals surface area (Å²) in [6, 6.07) is 8.26. The number of carbonyl (C=O) groups excluding carboxylic acids is 1. The van der Waals surface area contributed by atoms with Crippen molar-refractivity contribution in [2.45, 2.75) is 26.3 Å². The Balaban J connectivity index is 2.51. The molecule has 1 aromatic carbocycles. The first-order valence-electron chi connectivity index (χ1n) is 6.33. The summed E-state index contributed by atoms with van der Waals surface area (Å²) >= 11 is 1.85. The molecule has 3 heteroatoms. The van der Waals surface area contributed by atoms with Crippen molar-refractivity contribution < 1.29 is 4.79 Å². The number of ketones is 1. The lowest BCUT2D eigenvalue weighted by Crippen LogP contribution is -2.34. The first-order chi connectivity index (χ1) is 8.54. The van der Waals surface area contributed by atoms with Gasteiger partial charge in [-0.25, -0.2) is 0 Å². The van der Waals surface area contributed by atoms with Gasteiger partial charge in [0.15, 0.2) is 5.78 Å². The fourth-order valence-electron chi connectivity index (χ4n) is 1.72. The van der Waals surface area contributed by atoms with E-state index >= 15 is 0 Å². The quantitative estimate of drug-likeness (QED) is 0.706. The molecule has 0 aromatic heterocycles. The number of hydrogen-bond acceptors (Lipinski definition) is 3. The maximum atomic E-state index is 12.1. The molecule has 0 spiro atoms. The normalized spacial score (nSPS) is 12.7. The van der Waals surface area contributed by atoms with E-state index in [9.17, 15) is 4.79 Å². The average Bonchev–Trinajstić information content (AvgIpc) is 2.36. The summed E-state index contributed by atoms with van der Waals surface area (Å²) in [5, 5.41) is 0. The zero-order valence-electron chi connectivity index (χ0n) is 11.8. The van der Waals surface area contributed by atoms with Crippen molar-refractivity contribution in [3.05, 3.63) is 35.4 Å². The van der Waals surface area contributed by atoms with E-state index in [0.29, 0.717) is 12.6 Å². The lowest BCUT2D eigenvalue weighted by atomic mass is 10.1. The van der Waals surface area contributed by atoms with E-state index < -0.39 is 0 Å². The Morgan fingerprint density at radius 1 is 1.33 bits per heavy atom. The van der Waals surface area contributed by atoms with Crippen LogP contribution in [0.4, 0.5) is 0 Å². The van der Waals surface area contributed by atoms with Crippen LogP contribution in [0, 0.1) is 6.92 Å². The maximum Gasteiger partial charge on any atom is 0.176 e. The van der Waals surface area contributed by atoms with Crippen LogP contribution in [0.3, 0.4) is 0 Å². The van der Waals surface area contributed by atoms with Gasteiger partial charge in [-0.05, 0) is 39.3 Å². The highest BCUT2D eigenvalue weighted by molar-refractivity contribution is 7.98. The Bertz CT molecular complexity index is 375. The minimum Gasteiger partial charge on any atom is -0.296 e. The maximum absolute atomic E-state index is 12.1. The molecule has 0 saturated heterocycles. The van der Waals surface area contributed by atoms with Gasteiger partial charge < -0.3 is 0 Å². The molecular weight excluding hydrogens is 242 g/mol. The van der Waals surface area contributed by atoms with E-state index in [1.807, 2.05) is 50.0 Å². The molecule has 2 nitrogen and oxygen atoms in total. The van der Waals surface area contributed by atoms with Crippen LogP contribution in [-0.2, 0) is 0 Å². The van der Waals surface area contributed by atoms with Gasteiger partial charge in [-0.2, -0.15) is 11.8 Å². The van der Waals surface area contributed by atoms with Crippen molar-refractivity contribution in [2.24, 2.45) is 0 Å². The van der Waals surface area contributed by atoms with Gasteiger partial charge in [0.1, 0.15) is 0 Å². The minimum absolute atomic E-state index is 0.202. The predicted octanol–water partition coefficient (Wildman–Crippen LogP) is 3.25. The number of hydrogen-bond donors (Lipinski definition) is 0. The summed E-state index contributed by atoms with van der Waals surface area (Å²) in [4.78, 5) is 14.2. The third kappa shape index (κ3) is 4.83. The number of likely N-dealkylation sites (N-methyl/N-ethyl adjacent to an activating group) is 1. The molecule has 1 unspecified atom stereocenters. The summed E-state index contributed by atoms with van der Waals surface area (Å²) in [5.41, 5.74) is 2.00. The number of rotatable bonds is 7. The molecule has 0 N–H and O–H groups in total. The molecule has 1 rings (SSSR count). The molecule has 0 aliphatic rings. The van der Waals surface area contributed by atoms with Crippen LogP contribution >= 0.6 is 11.8 Å². The summed E-state index contributed by atoms with van der Waals surface area (Å²) in [6.07, 6.45) is 3.24. The van der Waals surface area contributed by atoms with Gasteiger partial charge in [0.25, 0.3) is 0 Å². The minimum atomic E-state index is 0.202. The smallest absolute Gasteiger partial charge is 0.176 e. The summed E-state index contributed by atoms with van der Waals surface area (Å²) in [5.74, 6) is 1.35. The van der Waals surface area contributed by atoms with E-state index in [4.69, 9.17) is 0 Å². The van der Waals surface area contributed by atoms with Crippen LogP contribution in [0.15, 0.2) is 24.3 Å². The molecule has 0 saturated carbocycles. The van der Waals surface area contributed by atoms with Gasteiger partial charge in [-0.3, -0.25) is 9.69 Å². The Labute approximate surface area is 115 Å². The van der Waals surface area contributed by atoms with Crippen LogP contribution < -0.4 is 0 Å². The third-order valence-electron chi connectivity index (χ3n) is 3.26. The second kappa shape index (κ2) is 7.59. The predicted molar refractivity (Wildman–Crippen MR) is 80.6 cm³/mol. The van der Waals surface area contributed by atoms with Crippen LogP contribution in [-0.4, -0.2) is 42.3 Å². The van der Waals surface area contributed by atoms with Crippen molar-refractivity contribution in [2.75, 3.05) is 25.6 Å². The molecule has 0 amide bonds. The molecule has 100 valence electrons. The highest BCUT2D eigenvalue weighted by atomic mass is 32.2. The van der Waals surface area contributed by atoms with E-state index in [1.54, 1.807) is 0 Å². The van der Waals surface area contributed by atoms with Gasteiger partial charge in [0.05, 0.1) is 6.54 Å². The second-order valence-corrected chi connectivity index (χ2v) is 5.82. The first kappa shape index (κ1) is 15.3. The lowest BCUT2D eigenvalue weighted by Gasteiger charge is -2.23. The largest absolute Gasteiger partial charge is 0.296 e. The fraction of sp³-hybridized carbons (Fsp3) is 0.533. The van der Waals surface area contributed by atoms with E-state index in [0.717, 1.165) is 17.7 Å². The Kier molecular flexibility index (Phi) is 6.44. The zero-order chi connectivity index (χ0) is 13.5. The number of aryl methyl sites for hydroxylation is 1. The van der Waals surface area contributed by atoms with E-state index in [1.165, 1.54) is 5.56 Å². The van der Waals surface area contributed by atoms with Gasteiger partial charge in [-0.1, -0.05) is 29.8 Å². The number of thioether (sulfide) groups is 1. The fourth-order valence-corrected chi connectivity index (χ4v) is 2.30. The molecule has 0 aliphatic carbocycles. The van der Waals surface area contributed by atoms with E-state index in [2.05, 4.69) is 18.1 Å². The van der Waals surface area contributed by atoms with Crippen molar-refractivity contribution in [1.29, 1.82) is 0 Å². The lowest BCUT2D eigenvalue weighted by molar-refractivity contribution is 0.0923. The molecule has 1 atom stereocenters. The molecule has 0 aliphatic heterocycles. The van der Waals surface area contributed by atoms with Crippen LogP contribution in [0.2, 0.25) is 0 Å². The Hall–Kier alpha value is -0.800. The topological polar surface area (TPSA) is 20.3 Å². The average molecular weight is 265 g/mol.